The van der Waals surface area contributed by atoms with E-state index in [0.29, 0.717) is 19.3 Å². The zero-order chi connectivity index (χ0) is 36.9. The summed E-state index contributed by atoms with van der Waals surface area (Å²) >= 11 is 4.36. The molecule has 0 radical (unpaired) electrons. The maximum absolute atomic E-state index is 14.9. The molecule has 0 aliphatic rings. The van der Waals surface area contributed by atoms with E-state index < -0.39 is 24.1 Å². The molecule has 0 saturated heterocycles. The third-order valence-corrected chi connectivity index (χ3v) is 12.2. The number of benzene rings is 3. The monoisotopic (exact) mass is 766 g/mol. The maximum atomic E-state index is 14.9. The van der Waals surface area contributed by atoms with Crippen LogP contribution in [-0.4, -0.2) is 21.0 Å². The second-order valence-electron chi connectivity index (χ2n) is 13.1. The smallest absolute Gasteiger partial charge is 0.400 e. The van der Waals surface area contributed by atoms with Gasteiger partial charge in [-0.2, -0.15) is 26.3 Å². The SMILES string of the molecule is CCCCC(C)C(F)(F)Oc1ccc(-c2ccc(-c3ccc(-c4ccc(-c5ccc(OC(F)(F)C(CC)CCCC)cc5)s4)c4nsnc34)s2)cc1. The van der Waals surface area contributed by atoms with Crippen molar-refractivity contribution in [3.8, 4) is 53.3 Å². The maximum Gasteiger partial charge on any atom is 0.400 e. The van der Waals surface area contributed by atoms with Crippen molar-refractivity contribution in [1.29, 1.82) is 0 Å². The van der Waals surface area contributed by atoms with Crippen LogP contribution in [0.4, 0.5) is 17.6 Å². The van der Waals surface area contributed by atoms with Crippen LogP contribution in [0.2, 0.25) is 0 Å². The van der Waals surface area contributed by atoms with Crippen molar-refractivity contribution in [3.63, 3.8) is 0 Å². The van der Waals surface area contributed by atoms with Crippen molar-refractivity contribution in [2.75, 3.05) is 0 Å². The highest BCUT2D eigenvalue weighted by atomic mass is 32.1. The number of nitrogens with zero attached hydrogens (tertiary/aromatic N) is 2. The number of rotatable bonds is 17. The van der Waals surface area contributed by atoms with Crippen LogP contribution in [0.15, 0.2) is 84.9 Å². The summed E-state index contributed by atoms with van der Waals surface area (Å²) in [5.74, 6) is -1.38. The first-order valence-electron chi connectivity index (χ1n) is 17.8. The molecule has 0 N–H and O–H groups in total. The van der Waals surface area contributed by atoms with E-state index in [2.05, 4.69) is 20.9 Å². The van der Waals surface area contributed by atoms with Gasteiger partial charge in [-0.1, -0.05) is 65.5 Å². The zero-order valence-electron chi connectivity index (χ0n) is 29.6. The molecule has 0 aliphatic heterocycles. The first-order valence-corrected chi connectivity index (χ1v) is 20.2. The van der Waals surface area contributed by atoms with Crippen LogP contribution in [0, 0.1) is 11.8 Å². The van der Waals surface area contributed by atoms with Crippen molar-refractivity contribution in [3.05, 3.63) is 84.9 Å². The standard InChI is InChI=1S/C41H42F4N2O2S3/c1-5-8-10-26(4)40(42,43)48-30-16-12-27(13-17-30)34-22-24-36(50-34)32-20-21-33(39-38(32)46-52-47-39)37-25-23-35(51-37)28-14-18-31(19-15-28)49-41(44,45)29(7-3)11-9-6-2/h12-26,29H,5-11H2,1-4H3. The summed E-state index contributed by atoms with van der Waals surface area (Å²) in [7, 11) is 0. The molecule has 0 bridgehead atoms. The predicted molar refractivity (Wildman–Crippen MR) is 208 cm³/mol. The lowest BCUT2D eigenvalue weighted by Gasteiger charge is -2.26. The Balaban J connectivity index is 1.16. The highest BCUT2D eigenvalue weighted by molar-refractivity contribution is 7.19. The van der Waals surface area contributed by atoms with Gasteiger partial charge in [0.2, 0.25) is 0 Å². The summed E-state index contributed by atoms with van der Waals surface area (Å²) in [5, 5.41) is 0. The number of halogens is 4. The van der Waals surface area contributed by atoms with Crippen molar-refractivity contribution >= 4 is 45.4 Å². The fourth-order valence-corrected chi connectivity index (χ4v) is 8.80. The van der Waals surface area contributed by atoms with E-state index in [9.17, 15) is 17.6 Å². The van der Waals surface area contributed by atoms with E-state index in [1.54, 1.807) is 66.0 Å². The number of hydrogen-bond donors (Lipinski definition) is 0. The number of aromatic nitrogens is 2. The Morgan fingerprint density at radius 2 is 1.02 bits per heavy atom. The number of alkyl halides is 4. The zero-order valence-corrected chi connectivity index (χ0v) is 32.1. The molecular formula is C41H42F4N2O2S3. The van der Waals surface area contributed by atoms with Crippen LogP contribution in [-0.2, 0) is 0 Å². The lowest BCUT2D eigenvalue weighted by atomic mass is 9.98. The summed E-state index contributed by atoms with van der Waals surface area (Å²) in [5.41, 5.74) is 5.37. The Morgan fingerprint density at radius 3 is 1.48 bits per heavy atom. The van der Waals surface area contributed by atoms with Gasteiger partial charge >= 0.3 is 12.2 Å². The van der Waals surface area contributed by atoms with Gasteiger partial charge in [-0.05, 0) is 103 Å². The van der Waals surface area contributed by atoms with Crippen LogP contribution in [0.25, 0.3) is 52.8 Å². The third-order valence-electron chi connectivity index (χ3n) is 9.38. The van der Waals surface area contributed by atoms with Gasteiger partial charge in [0.1, 0.15) is 22.5 Å². The molecule has 2 unspecified atom stereocenters. The van der Waals surface area contributed by atoms with Crippen LogP contribution < -0.4 is 9.47 Å². The fourth-order valence-electron chi connectivity index (χ4n) is 6.15. The molecule has 0 aliphatic carbocycles. The summed E-state index contributed by atoms with van der Waals surface area (Å²) in [6, 6.07) is 25.9. The number of unbranched alkanes of at least 4 members (excludes halogenated alkanes) is 2. The van der Waals surface area contributed by atoms with Crippen molar-refractivity contribution < 1.29 is 27.0 Å². The molecule has 52 heavy (non-hydrogen) atoms. The van der Waals surface area contributed by atoms with Gasteiger partial charge in [-0.15, -0.1) is 22.7 Å². The van der Waals surface area contributed by atoms with Gasteiger partial charge in [0.15, 0.2) is 0 Å². The molecule has 3 heterocycles. The molecule has 2 atom stereocenters. The molecule has 11 heteroatoms. The summed E-state index contributed by atoms with van der Waals surface area (Å²) in [6.45, 7) is 7.29. The molecule has 6 aromatic rings. The minimum Gasteiger partial charge on any atom is -0.432 e. The van der Waals surface area contributed by atoms with Crippen LogP contribution in [0.5, 0.6) is 11.5 Å². The molecule has 0 spiro atoms. The second-order valence-corrected chi connectivity index (χ2v) is 15.8. The Kier molecular flexibility index (Phi) is 12.0. The average molecular weight is 767 g/mol. The molecule has 0 fully saturated rings. The third kappa shape index (κ3) is 8.53. The topological polar surface area (TPSA) is 44.2 Å². The van der Waals surface area contributed by atoms with Crippen molar-refractivity contribution in [2.24, 2.45) is 11.8 Å². The fraction of sp³-hybridized carbons (Fsp3) is 0.366. The van der Waals surface area contributed by atoms with Crippen molar-refractivity contribution in [2.45, 2.75) is 84.9 Å². The molecule has 0 saturated carbocycles. The van der Waals surface area contributed by atoms with Crippen LogP contribution >= 0.6 is 34.4 Å². The van der Waals surface area contributed by atoms with E-state index in [0.717, 1.165) is 90.2 Å². The molecular weight excluding hydrogens is 725 g/mol. The molecule has 0 amide bonds. The Bertz CT molecular complexity index is 2050. The average Bonchev–Trinajstić information content (AvgIpc) is 3.93. The van der Waals surface area contributed by atoms with Crippen LogP contribution in [0.3, 0.4) is 0 Å². The Morgan fingerprint density at radius 1 is 0.577 bits per heavy atom. The highest BCUT2D eigenvalue weighted by Crippen LogP contribution is 2.43. The highest BCUT2D eigenvalue weighted by Gasteiger charge is 2.41. The Hall–Kier alpha value is -3.80. The van der Waals surface area contributed by atoms with Gasteiger partial charge in [-0.3, -0.25) is 0 Å². The first kappa shape index (κ1) is 37.9. The van der Waals surface area contributed by atoms with Gasteiger partial charge < -0.3 is 9.47 Å². The number of fused-ring (bicyclic) bond motifs is 1. The summed E-state index contributed by atoms with van der Waals surface area (Å²) < 4.78 is 78.6. The number of hydrogen-bond acceptors (Lipinski definition) is 7. The van der Waals surface area contributed by atoms with E-state index >= 15 is 0 Å². The molecule has 6 rings (SSSR count). The number of thiophene rings is 2. The lowest BCUT2D eigenvalue weighted by molar-refractivity contribution is -0.218. The van der Waals surface area contributed by atoms with Gasteiger partial charge in [0.25, 0.3) is 0 Å². The van der Waals surface area contributed by atoms with E-state index in [1.165, 1.54) is 6.92 Å². The summed E-state index contributed by atoms with van der Waals surface area (Å²) in [6.07, 6.45) is -2.03. The Labute approximate surface area is 314 Å². The van der Waals surface area contributed by atoms with Gasteiger partial charge in [0.05, 0.1) is 23.6 Å². The summed E-state index contributed by atoms with van der Waals surface area (Å²) in [4.78, 5) is 4.03. The minimum atomic E-state index is -3.23. The molecule has 3 aromatic heterocycles. The van der Waals surface area contributed by atoms with Crippen molar-refractivity contribution in [1.82, 2.24) is 8.75 Å². The lowest BCUT2D eigenvalue weighted by Crippen LogP contribution is -2.34. The van der Waals surface area contributed by atoms with E-state index in [1.807, 2.05) is 50.2 Å². The van der Waals surface area contributed by atoms with Crippen LogP contribution in [0.1, 0.15) is 72.6 Å². The molecule has 3 aromatic carbocycles. The quantitative estimate of drug-likeness (QED) is 0.0867. The predicted octanol–water partition coefficient (Wildman–Crippen LogP) is 14.5. The number of ether oxygens (including phenoxy) is 2. The van der Waals surface area contributed by atoms with E-state index in [-0.39, 0.29) is 11.5 Å². The molecule has 4 nitrogen and oxygen atoms in total. The normalized spacial score (nSPS) is 13.4. The molecule has 274 valence electrons. The van der Waals surface area contributed by atoms with Gasteiger partial charge in [0, 0.05) is 30.6 Å². The second kappa shape index (κ2) is 16.5. The van der Waals surface area contributed by atoms with Gasteiger partial charge in [-0.25, -0.2) is 0 Å². The largest absolute Gasteiger partial charge is 0.432 e. The van der Waals surface area contributed by atoms with E-state index in [4.69, 9.17) is 9.47 Å². The first-order chi connectivity index (χ1) is 25.0. The minimum absolute atomic E-state index is 0.144.